The molecule has 0 aliphatic rings. The SMILES string of the molecule is NC(=S)/[NH+]=C(\Nc1ccccc1)c1cc2ccccc2s1. The van der Waals surface area contributed by atoms with Gasteiger partial charge in [-0.05, 0) is 41.9 Å². The van der Waals surface area contributed by atoms with E-state index in [-0.39, 0.29) is 5.11 Å². The summed E-state index contributed by atoms with van der Waals surface area (Å²) in [5.41, 5.74) is 6.62. The molecule has 1 heterocycles. The maximum atomic E-state index is 5.64. The number of nitrogens with one attached hydrogen (secondary N) is 2. The summed E-state index contributed by atoms with van der Waals surface area (Å²) in [5, 5.41) is 4.78. The highest BCUT2D eigenvalue weighted by Crippen LogP contribution is 2.25. The first-order chi connectivity index (χ1) is 10.2. The molecule has 0 aliphatic carbocycles. The quantitative estimate of drug-likeness (QED) is 0.386. The van der Waals surface area contributed by atoms with E-state index in [2.05, 4.69) is 28.5 Å². The van der Waals surface area contributed by atoms with Crippen LogP contribution in [-0.4, -0.2) is 10.9 Å². The summed E-state index contributed by atoms with van der Waals surface area (Å²) in [6.45, 7) is 0. The van der Waals surface area contributed by atoms with Crippen LogP contribution < -0.4 is 16.0 Å². The Morgan fingerprint density at radius 2 is 1.76 bits per heavy atom. The molecule has 0 radical (unpaired) electrons. The number of amidine groups is 1. The molecular formula is C16H14N3S2+. The van der Waals surface area contributed by atoms with Gasteiger partial charge in [0, 0.05) is 4.70 Å². The van der Waals surface area contributed by atoms with Crippen molar-refractivity contribution in [3.63, 3.8) is 0 Å². The van der Waals surface area contributed by atoms with Crippen LogP contribution in [0.25, 0.3) is 10.1 Å². The Labute approximate surface area is 132 Å². The van der Waals surface area contributed by atoms with Gasteiger partial charge in [0.05, 0.1) is 5.69 Å². The lowest BCUT2D eigenvalue weighted by atomic mass is 10.2. The average Bonchev–Trinajstić information content (AvgIpc) is 2.91. The van der Waals surface area contributed by atoms with Crippen LogP contribution in [0.2, 0.25) is 0 Å². The van der Waals surface area contributed by atoms with Gasteiger partial charge in [-0.15, -0.1) is 11.3 Å². The molecule has 2 aromatic carbocycles. The van der Waals surface area contributed by atoms with Gasteiger partial charge in [0.1, 0.15) is 4.88 Å². The third kappa shape index (κ3) is 3.26. The molecule has 0 aliphatic heterocycles. The van der Waals surface area contributed by atoms with Crippen LogP contribution in [0.4, 0.5) is 5.69 Å². The monoisotopic (exact) mass is 312 g/mol. The molecule has 104 valence electrons. The summed E-state index contributed by atoms with van der Waals surface area (Å²) in [6, 6.07) is 20.3. The number of hydrogen-bond acceptors (Lipinski definition) is 2. The molecule has 1 aromatic heterocycles. The number of hydrogen-bond donors (Lipinski definition) is 3. The van der Waals surface area contributed by atoms with Crippen molar-refractivity contribution in [3.05, 3.63) is 65.5 Å². The molecule has 0 amide bonds. The highest BCUT2D eigenvalue weighted by molar-refractivity contribution is 7.79. The Kier molecular flexibility index (Phi) is 3.94. The first kappa shape index (κ1) is 13.7. The van der Waals surface area contributed by atoms with E-state index in [1.54, 1.807) is 11.3 Å². The minimum absolute atomic E-state index is 0.242. The molecule has 3 aromatic rings. The Morgan fingerprint density at radius 1 is 1.05 bits per heavy atom. The number of anilines is 1. The van der Waals surface area contributed by atoms with E-state index in [0.717, 1.165) is 16.4 Å². The summed E-state index contributed by atoms with van der Waals surface area (Å²) >= 11 is 6.67. The lowest BCUT2D eigenvalue weighted by molar-refractivity contribution is -0.311. The van der Waals surface area contributed by atoms with Gasteiger partial charge >= 0.3 is 0 Å². The number of nitrogens with two attached hydrogens (primary N) is 1. The topological polar surface area (TPSA) is 52.0 Å². The molecule has 21 heavy (non-hydrogen) atoms. The van der Waals surface area contributed by atoms with E-state index >= 15 is 0 Å². The van der Waals surface area contributed by atoms with E-state index in [9.17, 15) is 0 Å². The summed E-state index contributed by atoms with van der Waals surface area (Å²) in [7, 11) is 0. The number of para-hydroxylation sites is 1. The van der Waals surface area contributed by atoms with Crippen LogP contribution in [0.15, 0.2) is 60.7 Å². The molecule has 4 N–H and O–H groups in total. The van der Waals surface area contributed by atoms with Gasteiger partial charge in [-0.2, -0.15) is 0 Å². The molecule has 5 heteroatoms. The van der Waals surface area contributed by atoms with Crippen molar-refractivity contribution < 1.29 is 4.99 Å². The fourth-order valence-electron chi connectivity index (χ4n) is 2.05. The average molecular weight is 312 g/mol. The smallest absolute Gasteiger partial charge is 0.285 e. The van der Waals surface area contributed by atoms with Crippen LogP contribution >= 0.6 is 23.6 Å². The van der Waals surface area contributed by atoms with Crippen molar-refractivity contribution >= 4 is 50.3 Å². The number of rotatable bonds is 2. The van der Waals surface area contributed by atoms with Gasteiger partial charge in [0.15, 0.2) is 0 Å². The summed E-state index contributed by atoms with van der Waals surface area (Å²) in [4.78, 5) is 4.09. The minimum Gasteiger partial charge on any atom is -0.309 e. The zero-order chi connectivity index (χ0) is 14.7. The molecule has 0 saturated heterocycles. The molecule has 0 fully saturated rings. The second kappa shape index (κ2) is 6.03. The van der Waals surface area contributed by atoms with Gasteiger partial charge in [-0.25, -0.2) is 4.99 Å². The second-order valence-corrected chi connectivity index (χ2v) is 6.03. The molecule has 0 atom stereocenters. The van der Waals surface area contributed by atoms with Crippen LogP contribution in [0.1, 0.15) is 4.88 Å². The molecule has 0 bridgehead atoms. The fraction of sp³-hybridized carbons (Fsp3) is 0. The predicted octanol–water partition coefficient (Wildman–Crippen LogP) is 2.08. The van der Waals surface area contributed by atoms with Crippen LogP contribution in [0, 0.1) is 0 Å². The second-order valence-electron chi connectivity index (χ2n) is 4.50. The molecule has 0 saturated carbocycles. The van der Waals surface area contributed by atoms with Crippen molar-refractivity contribution in [2.45, 2.75) is 0 Å². The van der Waals surface area contributed by atoms with Crippen molar-refractivity contribution in [1.29, 1.82) is 0 Å². The fourth-order valence-corrected chi connectivity index (χ4v) is 3.17. The lowest BCUT2D eigenvalue weighted by Gasteiger charge is -2.02. The first-order valence-corrected chi connectivity index (χ1v) is 7.69. The Balaban J connectivity index is 2.01. The lowest BCUT2D eigenvalue weighted by Crippen LogP contribution is -2.81. The van der Waals surface area contributed by atoms with Gasteiger partial charge in [-0.1, -0.05) is 36.4 Å². The van der Waals surface area contributed by atoms with Crippen molar-refractivity contribution in [1.82, 2.24) is 0 Å². The van der Waals surface area contributed by atoms with E-state index < -0.39 is 0 Å². The number of fused-ring (bicyclic) bond motifs is 1. The zero-order valence-electron chi connectivity index (χ0n) is 11.2. The minimum atomic E-state index is 0.242. The Morgan fingerprint density at radius 3 is 2.48 bits per heavy atom. The molecular weight excluding hydrogens is 298 g/mol. The Hall–Kier alpha value is -2.24. The highest BCUT2D eigenvalue weighted by Gasteiger charge is 2.13. The standard InChI is InChI=1S/C16H13N3S2/c17-16(20)19-15(18-12-7-2-1-3-8-12)14-10-11-6-4-5-9-13(11)21-14/h1-10H,(H3,17,18,19,20)/p+1. The van der Waals surface area contributed by atoms with Gasteiger partial charge in [0.25, 0.3) is 5.11 Å². The van der Waals surface area contributed by atoms with Crippen molar-refractivity contribution in [2.75, 3.05) is 5.32 Å². The normalized spacial score (nSPS) is 11.5. The van der Waals surface area contributed by atoms with E-state index in [4.69, 9.17) is 18.0 Å². The van der Waals surface area contributed by atoms with E-state index in [0.29, 0.717) is 0 Å². The first-order valence-electron chi connectivity index (χ1n) is 6.47. The highest BCUT2D eigenvalue weighted by atomic mass is 32.1. The Bertz CT molecular complexity index is 774. The number of benzene rings is 2. The largest absolute Gasteiger partial charge is 0.309 e. The zero-order valence-corrected chi connectivity index (χ0v) is 12.8. The van der Waals surface area contributed by atoms with Crippen LogP contribution in [0.5, 0.6) is 0 Å². The summed E-state index contributed by atoms with van der Waals surface area (Å²) in [6.07, 6.45) is 0. The maximum absolute atomic E-state index is 5.64. The maximum Gasteiger partial charge on any atom is 0.285 e. The van der Waals surface area contributed by atoms with Gasteiger partial charge in [-0.3, -0.25) is 5.32 Å². The third-order valence-electron chi connectivity index (χ3n) is 2.96. The molecule has 3 rings (SSSR count). The number of thiocarbonyl (C=S) groups is 1. The predicted molar refractivity (Wildman–Crippen MR) is 93.7 cm³/mol. The third-order valence-corrected chi connectivity index (χ3v) is 4.20. The summed E-state index contributed by atoms with van der Waals surface area (Å²) < 4.78 is 1.23. The number of thiophene rings is 1. The van der Waals surface area contributed by atoms with Crippen LogP contribution in [-0.2, 0) is 0 Å². The summed E-state index contributed by atoms with van der Waals surface area (Å²) in [5.74, 6) is 0.801. The molecule has 0 spiro atoms. The van der Waals surface area contributed by atoms with Gasteiger partial charge < -0.3 is 5.73 Å². The molecule has 3 nitrogen and oxygen atoms in total. The van der Waals surface area contributed by atoms with Crippen molar-refractivity contribution in [2.24, 2.45) is 5.73 Å². The van der Waals surface area contributed by atoms with Gasteiger partial charge in [0.2, 0.25) is 5.84 Å². The van der Waals surface area contributed by atoms with Crippen molar-refractivity contribution in [3.8, 4) is 0 Å². The van der Waals surface area contributed by atoms with Crippen LogP contribution in [0.3, 0.4) is 0 Å². The van der Waals surface area contributed by atoms with E-state index in [1.807, 2.05) is 42.5 Å². The molecule has 0 unspecified atom stereocenters. The van der Waals surface area contributed by atoms with E-state index in [1.165, 1.54) is 10.1 Å².